The van der Waals surface area contributed by atoms with E-state index in [2.05, 4.69) is 16.5 Å². The van der Waals surface area contributed by atoms with E-state index in [1.165, 1.54) is 6.20 Å². The van der Waals surface area contributed by atoms with Crippen molar-refractivity contribution >= 4 is 0 Å². The minimum atomic E-state index is 0.476. The van der Waals surface area contributed by atoms with Crippen molar-refractivity contribution < 1.29 is 14.2 Å². The average molecular weight is 415 g/mol. The summed E-state index contributed by atoms with van der Waals surface area (Å²) in [5, 5.41) is 0. The number of aryl methyl sites for hydroxylation is 2. The second kappa shape index (κ2) is 10.1. The Labute approximate surface area is 182 Å². The summed E-state index contributed by atoms with van der Waals surface area (Å²) >= 11 is 0. The van der Waals surface area contributed by atoms with Gasteiger partial charge in [-0.1, -0.05) is 24.8 Å². The van der Waals surface area contributed by atoms with Crippen molar-refractivity contribution in [2.45, 2.75) is 20.8 Å². The van der Waals surface area contributed by atoms with Gasteiger partial charge in [-0.15, -0.1) is 0 Å². The highest BCUT2D eigenvalue weighted by molar-refractivity contribution is 5.47. The van der Waals surface area contributed by atoms with Crippen LogP contribution < -0.4 is 19.9 Å². The van der Waals surface area contributed by atoms with Crippen molar-refractivity contribution in [2.24, 2.45) is 5.73 Å². The first-order chi connectivity index (χ1) is 15.0. The van der Waals surface area contributed by atoms with Crippen molar-refractivity contribution in [1.29, 1.82) is 0 Å². The molecule has 0 spiro atoms. The Morgan fingerprint density at radius 3 is 1.90 bits per heavy atom. The number of nitrogens with two attached hydrogens (primary N) is 1. The molecule has 0 bridgehead atoms. The third kappa shape index (κ3) is 5.96. The molecule has 0 aliphatic rings. The van der Waals surface area contributed by atoms with Gasteiger partial charge >= 0.3 is 0 Å². The van der Waals surface area contributed by atoms with Gasteiger partial charge in [-0.25, -0.2) is 9.97 Å². The maximum atomic E-state index is 6.00. The molecule has 2 heterocycles. The zero-order valence-corrected chi connectivity index (χ0v) is 17.8. The fraction of sp³-hybridized carbons (Fsp3) is 0.120. The predicted molar refractivity (Wildman–Crippen MR) is 121 cm³/mol. The molecule has 0 radical (unpaired) electrons. The number of hydrogen-bond acceptors (Lipinski definition) is 6. The third-order valence-electron chi connectivity index (χ3n) is 4.34. The predicted octanol–water partition coefficient (Wildman–Crippen LogP) is 5.99. The SMILES string of the molecule is C=C(Oc1cc(Oc2ncccc2C)cc(Oc2ncccc2C)c1)/C(C)=C\C=C/N. The first-order valence-corrected chi connectivity index (χ1v) is 9.72. The first kappa shape index (κ1) is 21.6. The molecule has 158 valence electrons. The normalized spacial score (nSPS) is 11.4. The number of pyridine rings is 2. The molecule has 0 aliphatic heterocycles. The van der Waals surface area contributed by atoms with Gasteiger partial charge in [-0.2, -0.15) is 0 Å². The maximum Gasteiger partial charge on any atom is 0.222 e. The van der Waals surface area contributed by atoms with Gasteiger partial charge in [0.2, 0.25) is 11.8 Å². The molecule has 31 heavy (non-hydrogen) atoms. The number of rotatable bonds is 8. The number of benzene rings is 1. The topological polar surface area (TPSA) is 79.5 Å². The molecule has 3 rings (SSSR count). The van der Waals surface area contributed by atoms with Gasteiger partial charge in [0.1, 0.15) is 23.0 Å². The van der Waals surface area contributed by atoms with E-state index < -0.39 is 0 Å². The lowest BCUT2D eigenvalue weighted by atomic mass is 10.2. The molecule has 1 aromatic carbocycles. The van der Waals surface area contributed by atoms with Gasteiger partial charge in [0.05, 0.1) is 0 Å². The van der Waals surface area contributed by atoms with Crippen molar-refractivity contribution in [2.75, 3.05) is 0 Å². The summed E-state index contributed by atoms with van der Waals surface area (Å²) in [5.74, 6) is 3.01. The van der Waals surface area contributed by atoms with E-state index in [9.17, 15) is 0 Å². The lowest BCUT2D eigenvalue weighted by Gasteiger charge is -2.14. The van der Waals surface area contributed by atoms with Crippen molar-refractivity contribution in [3.8, 4) is 29.0 Å². The summed E-state index contributed by atoms with van der Waals surface area (Å²) in [5.41, 5.74) is 8.05. The summed E-state index contributed by atoms with van der Waals surface area (Å²) < 4.78 is 18.0. The fourth-order valence-corrected chi connectivity index (χ4v) is 2.62. The second-order valence-corrected chi connectivity index (χ2v) is 6.85. The van der Waals surface area contributed by atoms with Crippen LogP contribution in [0, 0.1) is 13.8 Å². The summed E-state index contributed by atoms with van der Waals surface area (Å²) in [6.07, 6.45) is 8.33. The molecule has 2 aromatic heterocycles. The molecular formula is C25H25N3O3. The number of hydrogen-bond donors (Lipinski definition) is 1. The van der Waals surface area contributed by atoms with Gasteiger partial charge in [0.25, 0.3) is 0 Å². The molecular weight excluding hydrogens is 390 g/mol. The van der Waals surface area contributed by atoms with Crippen LogP contribution in [0.25, 0.3) is 0 Å². The van der Waals surface area contributed by atoms with Gasteiger partial charge in [0, 0.05) is 41.7 Å². The largest absolute Gasteiger partial charge is 0.457 e. The monoisotopic (exact) mass is 415 g/mol. The van der Waals surface area contributed by atoms with Crippen molar-refractivity contribution in [1.82, 2.24) is 9.97 Å². The van der Waals surface area contributed by atoms with Gasteiger partial charge in [-0.3, -0.25) is 0 Å². The van der Waals surface area contributed by atoms with Crippen molar-refractivity contribution in [3.63, 3.8) is 0 Å². The highest BCUT2D eigenvalue weighted by Crippen LogP contribution is 2.35. The molecule has 6 nitrogen and oxygen atoms in total. The van der Waals surface area contributed by atoms with Gasteiger partial charge in [0.15, 0.2) is 0 Å². The molecule has 2 N–H and O–H groups in total. The standard InChI is InChI=1S/C25H25N3O3/c1-17(8-5-11-26)20(4)29-21-14-22(30-24-18(2)9-6-12-27-24)16-23(15-21)31-25-19(3)10-7-13-28-25/h5-16H,4,26H2,1-3H3/b11-5-,17-8-. The van der Waals surface area contributed by atoms with E-state index in [0.717, 1.165) is 16.7 Å². The first-order valence-electron chi connectivity index (χ1n) is 9.72. The Morgan fingerprint density at radius 1 is 0.903 bits per heavy atom. The molecule has 0 fully saturated rings. The van der Waals surface area contributed by atoms with Crippen LogP contribution in [0.15, 0.2) is 91.1 Å². The summed E-state index contributed by atoms with van der Waals surface area (Å²) in [6.45, 7) is 9.73. The van der Waals surface area contributed by atoms with Crippen molar-refractivity contribution in [3.05, 3.63) is 102 Å². The number of nitrogens with zero attached hydrogens (tertiary/aromatic N) is 2. The Hall–Kier alpha value is -4.06. The zero-order valence-electron chi connectivity index (χ0n) is 17.8. The molecule has 0 unspecified atom stereocenters. The van der Waals surface area contributed by atoms with E-state index in [0.29, 0.717) is 34.8 Å². The van der Waals surface area contributed by atoms with E-state index in [1.807, 2.05) is 51.1 Å². The Morgan fingerprint density at radius 2 is 1.42 bits per heavy atom. The smallest absolute Gasteiger partial charge is 0.222 e. The molecule has 3 aromatic rings. The van der Waals surface area contributed by atoms with Crippen LogP contribution >= 0.6 is 0 Å². The van der Waals surface area contributed by atoms with Gasteiger partial charge in [-0.05, 0) is 50.8 Å². The molecule has 6 heteroatoms. The minimum absolute atomic E-state index is 0.476. The Balaban J connectivity index is 1.94. The fourth-order valence-electron chi connectivity index (χ4n) is 2.62. The quantitative estimate of drug-likeness (QED) is 0.360. The molecule has 0 amide bonds. The average Bonchev–Trinajstić information content (AvgIpc) is 2.75. The van der Waals surface area contributed by atoms with E-state index >= 15 is 0 Å². The van der Waals surface area contributed by atoms with Gasteiger partial charge < -0.3 is 19.9 Å². The minimum Gasteiger partial charge on any atom is -0.457 e. The molecule has 0 aliphatic carbocycles. The Kier molecular flexibility index (Phi) is 7.06. The zero-order chi connectivity index (χ0) is 22.2. The number of allylic oxidation sites excluding steroid dienone is 3. The lowest BCUT2D eigenvalue weighted by Crippen LogP contribution is -1.98. The van der Waals surface area contributed by atoms with E-state index in [-0.39, 0.29) is 0 Å². The highest BCUT2D eigenvalue weighted by Gasteiger charge is 2.11. The van der Waals surface area contributed by atoms with Crippen LogP contribution in [0.4, 0.5) is 0 Å². The second-order valence-electron chi connectivity index (χ2n) is 6.85. The van der Waals surface area contributed by atoms with Crippen LogP contribution in [-0.2, 0) is 0 Å². The summed E-state index contributed by atoms with van der Waals surface area (Å²) in [4.78, 5) is 8.58. The van der Waals surface area contributed by atoms with Crippen LogP contribution in [0.5, 0.6) is 29.0 Å². The molecule has 0 saturated carbocycles. The number of aromatic nitrogens is 2. The Bertz CT molecular complexity index is 1070. The van der Waals surface area contributed by atoms with E-state index in [4.69, 9.17) is 19.9 Å². The molecule has 0 atom stereocenters. The van der Waals surface area contributed by atoms with Crippen LogP contribution in [-0.4, -0.2) is 9.97 Å². The lowest BCUT2D eigenvalue weighted by molar-refractivity contribution is 0.411. The van der Waals surface area contributed by atoms with E-state index in [1.54, 1.807) is 36.7 Å². The maximum absolute atomic E-state index is 6.00. The summed E-state index contributed by atoms with van der Waals surface area (Å²) in [7, 11) is 0. The molecule has 0 saturated heterocycles. The van der Waals surface area contributed by atoms with Crippen LogP contribution in [0.1, 0.15) is 18.1 Å². The highest BCUT2D eigenvalue weighted by atomic mass is 16.5. The van der Waals surface area contributed by atoms with Crippen LogP contribution in [0.2, 0.25) is 0 Å². The third-order valence-corrected chi connectivity index (χ3v) is 4.34. The summed E-state index contributed by atoms with van der Waals surface area (Å²) in [6, 6.07) is 12.8. The number of ether oxygens (including phenoxy) is 3. The van der Waals surface area contributed by atoms with Crippen LogP contribution in [0.3, 0.4) is 0 Å².